The first-order valence-electron chi connectivity index (χ1n) is 6.99. The van der Waals surface area contributed by atoms with E-state index in [1.165, 1.54) is 0 Å². The van der Waals surface area contributed by atoms with Crippen LogP contribution in [0.1, 0.15) is 11.1 Å². The molecule has 5 heteroatoms. The second-order valence-corrected chi connectivity index (χ2v) is 5.21. The van der Waals surface area contributed by atoms with Gasteiger partial charge in [0.05, 0.1) is 0 Å². The monoisotopic (exact) mass is 318 g/mol. The number of ether oxygens (including phenoxy) is 1. The summed E-state index contributed by atoms with van der Waals surface area (Å²) in [6.45, 7) is 0.0818. The summed E-state index contributed by atoms with van der Waals surface area (Å²) in [5.41, 5.74) is 1.97. The average molecular weight is 319 g/mol. The third-order valence-electron chi connectivity index (χ3n) is 3.11. The fourth-order valence-electron chi connectivity index (χ4n) is 2.01. The lowest BCUT2D eigenvalue weighted by Crippen LogP contribution is -2.27. The van der Waals surface area contributed by atoms with Gasteiger partial charge in [-0.2, -0.15) is 0 Å². The maximum atomic E-state index is 11.0. The zero-order valence-corrected chi connectivity index (χ0v) is 12.8. The van der Waals surface area contributed by atoms with Crippen LogP contribution in [-0.2, 0) is 22.9 Å². The van der Waals surface area contributed by atoms with Crippen LogP contribution in [0.5, 0.6) is 5.75 Å². The predicted octanol–water partition coefficient (Wildman–Crippen LogP) is 3.01. The van der Waals surface area contributed by atoms with E-state index in [4.69, 9.17) is 16.3 Å². The Morgan fingerprint density at radius 3 is 2.64 bits per heavy atom. The Morgan fingerprint density at radius 1 is 1.14 bits per heavy atom. The molecule has 2 rings (SSSR count). The van der Waals surface area contributed by atoms with Gasteiger partial charge in [0.1, 0.15) is 12.4 Å². The molecule has 1 radical (unpaired) electrons. The van der Waals surface area contributed by atoms with E-state index in [2.05, 4.69) is 5.32 Å². The van der Waals surface area contributed by atoms with Crippen LogP contribution in [0.4, 0.5) is 0 Å². The van der Waals surface area contributed by atoms with Crippen molar-refractivity contribution < 1.29 is 14.6 Å². The number of halogens is 1. The minimum Gasteiger partial charge on any atom is -0.489 e. The third-order valence-corrected chi connectivity index (χ3v) is 3.34. The Balaban J connectivity index is 1.99. The SMILES string of the molecule is [O]CC(=O)NCCc1cc(Cl)ccc1OCc1ccccc1. The first-order valence-corrected chi connectivity index (χ1v) is 7.37. The first-order chi connectivity index (χ1) is 10.7. The highest BCUT2D eigenvalue weighted by atomic mass is 35.5. The molecule has 2 aromatic rings. The van der Waals surface area contributed by atoms with E-state index in [-0.39, 0.29) is 0 Å². The number of rotatable bonds is 7. The van der Waals surface area contributed by atoms with E-state index in [1.54, 1.807) is 6.07 Å². The highest BCUT2D eigenvalue weighted by molar-refractivity contribution is 6.30. The summed E-state index contributed by atoms with van der Waals surface area (Å²) >= 11 is 6.01. The van der Waals surface area contributed by atoms with E-state index in [1.807, 2.05) is 42.5 Å². The van der Waals surface area contributed by atoms with Gasteiger partial charge >= 0.3 is 0 Å². The Kier molecular flexibility index (Phi) is 6.25. The molecule has 4 nitrogen and oxygen atoms in total. The molecule has 0 spiro atoms. The summed E-state index contributed by atoms with van der Waals surface area (Å²) in [5, 5.41) is 13.6. The summed E-state index contributed by atoms with van der Waals surface area (Å²) in [7, 11) is 0. The van der Waals surface area contributed by atoms with Gasteiger partial charge in [-0.05, 0) is 35.7 Å². The molecule has 0 atom stereocenters. The second kappa shape index (κ2) is 8.41. The van der Waals surface area contributed by atoms with E-state index < -0.39 is 12.5 Å². The van der Waals surface area contributed by atoms with E-state index in [0.717, 1.165) is 16.9 Å². The Bertz CT molecular complexity index is 617. The standard InChI is InChI=1S/C17H17ClNO3/c18-15-6-7-16(22-12-13-4-2-1-3-5-13)14(10-15)8-9-19-17(21)11-20/h1-7,10H,8-9,11-12H2,(H,19,21). The zero-order valence-electron chi connectivity index (χ0n) is 12.0. The quantitative estimate of drug-likeness (QED) is 0.853. The summed E-state index contributed by atoms with van der Waals surface area (Å²) in [6, 6.07) is 15.2. The van der Waals surface area contributed by atoms with Gasteiger partial charge in [0.2, 0.25) is 5.91 Å². The highest BCUT2D eigenvalue weighted by Crippen LogP contribution is 2.24. The number of carbonyl (C=O) groups is 1. The molecule has 0 aromatic heterocycles. The lowest BCUT2D eigenvalue weighted by molar-refractivity contribution is -0.125. The van der Waals surface area contributed by atoms with Crippen molar-refractivity contribution in [1.29, 1.82) is 0 Å². The molecule has 0 bridgehead atoms. The Morgan fingerprint density at radius 2 is 1.91 bits per heavy atom. The van der Waals surface area contributed by atoms with Crippen molar-refractivity contribution in [2.75, 3.05) is 13.2 Å². The van der Waals surface area contributed by atoms with Crippen molar-refractivity contribution in [3.63, 3.8) is 0 Å². The largest absolute Gasteiger partial charge is 0.489 e. The molecule has 0 unspecified atom stereocenters. The molecule has 115 valence electrons. The van der Waals surface area contributed by atoms with Gasteiger partial charge in [0.25, 0.3) is 0 Å². The summed E-state index contributed by atoms with van der Waals surface area (Å²) in [5.74, 6) is 0.221. The predicted molar refractivity (Wildman–Crippen MR) is 84.5 cm³/mol. The van der Waals surface area contributed by atoms with Gasteiger partial charge < -0.3 is 10.1 Å². The highest BCUT2D eigenvalue weighted by Gasteiger charge is 2.07. The lowest BCUT2D eigenvalue weighted by atomic mass is 10.1. The minimum atomic E-state index is -0.757. The van der Waals surface area contributed by atoms with Crippen LogP contribution in [0.15, 0.2) is 48.5 Å². The summed E-state index contributed by atoms with van der Waals surface area (Å²) < 4.78 is 5.83. The molecule has 0 aliphatic carbocycles. The van der Waals surface area contributed by atoms with Gasteiger partial charge in [-0.25, -0.2) is 5.11 Å². The van der Waals surface area contributed by atoms with Crippen LogP contribution >= 0.6 is 11.6 Å². The number of carbonyl (C=O) groups excluding carboxylic acids is 1. The molecular weight excluding hydrogens is 302 g/mol. The molecule has 0 aliphatic heterocycles. The fraction of sp³-hybridized carbons (Fsp3) is 0.235. The van der Waals surface area contributed by atoms with Crippen LogP contribution in [0.25, 0.3) is 0 Å². The van der Waals surface area contributed by atoms with E-state index in [0.29, 0.717) is 24.6 Å². The second-order valence-electron chi connectivity index (χ2n) is 4.77. The normalized spacial score (nSPS) is 10.3. The topological polar surface area (TPSA) is 58.2 Å². The smallest absolute Gasteiger partial charge is 0.249 e. The Labute approximate surface area is 134 Å². The van der Waals surface area contributed by atoms with Crippen LogP contribution < -0.4 is 10.1 Å². The van der Waals surface area contributed by atoms with Crippen molar-refractivity contribution in [1.82, 2.24) is 5.32 Å². The molecule has 0 fully saturated rings. The maximum absolute atomic E-state index is 11.0. The van der Waals surface area contributed by atoms with Gasteiger partial charge in [0.15, 0.2) is 6.61 Å². The van der Waals surface area contributed by atoms with Crippen LogP contribution in [0.3, 0.4) is 0 Å². The van der Waals surface area contributed by atoms with Gasteiger partial charge in [-0.3, -0.25) is 4.79 Å². The Hall–Kier alpha value is -2.04. The molecule has 1 N–H and O–H groups in total. The first kappa shape index (κ1) is 16.3. The van der Waals surface area contributed by atoms with Crippen molar-refractivity contribution in [2.45, 2.75) is 13.0 Å². The van der Waals surface area contributed by atoms with Crippen molar-refractivity contribution >= 4 is 17.5 Å². The van der Waals surface area contributed by atoms with E-state index >= 15 is 0 Å². The molecular formula is C17H17ClNO3. The molecule has 1 amide bonds. The lowest BCUT2D eigenvalue weighted by Gasteiger charge is -2.12. The molecule has 2 aromatic carbocycles. The number of amides is 1. The number of hydrogen-bond acceptors (Lipinski definition) is 2. The zero-order chi connectivity index (χ0) is 15.8. The van der Waals surface area contributed by atoms with Crippen LogP contribution in [-0.4, -0.2) is 19.1 Å². The van der Waals surface area contributed by atoms with Crippen LogP contribution in [0, 0.1) is 0 Å². The molecule has 22 heavy (non-hydrogen) atoms. The maximum Gasteiger partial charge on any atom is 0.249 e. The molecule has 0 saturated heterocycles. The van der Waals surface area contributed by atoms with Gasteiger partial charge in [-0.15, -0.1) is 0 Å². The van der Waals surface area contributed by atoms with E-state index in [9.17, 15) is 9.90 Å². The average Bonchev–Trinajstić information content (AvgIpc) is 2.55. The van der Waals surface area contributed by atoms with Gasteiger partial charge in [0, 0.05) is 11.6 Å². The molecule has 0 saturated carbocycles. The molecule has 0 heterocycles. The minimum absolute atomic E-state index is 0.378. The number of nitrogens with one attached hydrogen (secondary N) is 1. The van der Waals surface area contributed by atoms with Crippen molar-refractivity contribution in [3.8, 4) is 5.75 Å². The number of hydrogen-bond donors (Lipinski definition) is 1. The van der Waals surface area contributed by atoms with Gasteiger partial charge in [-0.1, -0.05) is 41.9 Å². The van der Waals surface area contributed by atoms with Crippen LogP contribution in [0.2, 0.25) is 5.02 Å². The third kappa shape index (κ3) is 5.06. The summed E-state index contributed by atoms with van der Waals surface area (Å²) in [6.07, 6.45) is 0.552. The van der Waals surface area contributed by atoms with Crippen molar-refractivity contribution in [2.24, 2.45) is 0 Å². The fourth-order valence-corrected chi connectivity index (χ4v) is 2.20. The molecule has 0 aliphatic rings. The van der Waals surface area contributed by atoms with Crippen molar-refractivity contribution in [3.05, 3.63) is 64.7 Å². The number of benzene rings is 2. The summed E-state index contributed by atoms with van der Waals surface area (Å²) in [4.78, 5) is 11.0.